The van der Waals surface area contributed by atoms with Gasteiger partial charge in [0.25, 0.3) is 0 Å². The lowest BCUT2D eigenvalue weighted by Gasteiger charge is -2.23. The number of benzene rings is 1. The molecule has 0 amide bonds. The molecule has 0 saturated heterocycles. The van der Waals surface area contributed by atoms with E-state index in [4.69, 9.17) is 4.74 Å². The molecule has 0 aromatic heterocycles. The molecule has 0 aliphatic heterocycles. The van der Waals surface area contributed by atoms with Gasteiger partial charge in [0.15, 0.2) is 5.78 Å². The average Bonchev–Trinajstić information content (AvgIpc) is 3.44. The standard InChI is InChI=1S/C21H27NO2/c1-12(18-17(23)11-16-19(18)21(16,2)3)22-20(13-5-6-13)14-7-9-15(24-4)10-8-14/h7-10,13,16,19-20,22H,5-6,11H2,1-4H3/t16-,19+,20+/m1/s1. The fourth-order valence-electron chi connectivity index (χ4n) is 4.65. The highest BCUT2D eigenvalue weighted by atomic mass is 16.5. The molecule has 0 bridgehead atoms. The van der Waals surface area contributed by atoms with Crippen LogP contribution in [-0.2, 0) is 4.79 Å². The molecule has 3 heteroatoms. The normalized spacial score (nSPS) is 30.6. The van der Waals surface area contributed by atoms with Gasteiger partial charge in [-0.25, -0.2) is 0 Å². The van der Waals surface area contributed by atoms with Crippen LogP contribution in [0.4, 0.5) is 0 Å². The maximum Gasteiger partial charge on any atom is 0.161 e. The van der Waals surface area contributed by atoms with Gasteiger partial charge in [-0.15, -0.1) is 0 Å². The third-order valence-electron chi connectivity index (χ3n) is 6.41. The number of methoxy groups -OCH3 is 1. The van der Waals surface area contributed by atoms with Crippen LogP contribution in [0.5, 0.6) is 5.75 Å². The van der Waals surface area contributed by atoms with E-state index in [0.717, 1.165) is 23.4 Å². The van der Waals surface area contributed by atoms with Gasteiger partial charge in [-0.3, -0.25) is 4.79 Å². The minimum absolute atomic E-state index is 0.303. The molecule has 0 radical (unpaired) electrons. The van der Waals surface area contributed by atoms with Gasteiger partial charge in [0, 0.05) is 17.7 Å². The first-order valence-corrected chi connectivity index (χ1v) is 9.08. The largest absolute Gasteiger partial charge is 0.497 e. The summed E-state index contributed by atoms with van der Waals surface area (Å²) < 4.78 is 5.27. The lowest BCUT2D eigenvalue weighted by Crippen LogP contribution is -2.24. The summed E-state index contributed by atoms with van der Waals surface area (Å²) >= 11 is 0. The van der Waals surface area contributed by atoms with Gasteiger partial charge in [0.2, 0.25) is 0 Å². The smallest absolute Gasteiger partial charge is 0.161 e. The number of carbonyl (C=O) groups is 1. The number of carbonyl (C=O) groups excluding carboxylic acids is 1. The second-order valence-electron chi connectivity index (χ2n) is 8.30. The van der Waals surface area contributed by atoms with Crippen molar-refractivity contribution in [1.82, 2.24) is 5.32 Å². The van der Waals surface area contributed by atoms with E-state index in [0.29, 0.717) is 35.0 Å². The van der Waals surface area contributed by atoms with Crippen molar-refractivity contribution >= 4 is 5.78 Å². The Morgan fingerprint density at radius 2 is 1.92 bits per heavy atom. The Balaban J connectivity index is 1.59. The predicted molar refractivity (Wildman–Crippen MR) is 94.7 cm³/mol. The Kier molecular flexibility index (Phi) is 3.52. The maximum atomic E-state index is 12.4. The highest BCUT2D eigenvalue weighted by Gasteiger charge is 2.65. The maximum absolute atomic E-state index is 12.4. The molecule has 0 heterocycles. The number of fused-ring (bicyclic) bond motifs is 1. The molecule has 1 aromatic rings. The summed E-state index contributed by atoms with van der Waals surface area (Å²) in [5, 5.41) is 3.72. The first kappa shape index (κ1) is 15.7. The summed E-state index contributed by atoms with van der Waals surface area (Å²) in [4.78, 5) is 12.4. The molecule has 3 aliphatic rings. The first-order valence-electron chi connectivity index (χ1n) is 9.08. The van der Waals surface area contributed by atoms with Crippen molar-refractivity contribution in [3.05, 3.63) is 41.1 Å². The number of allylic oxidation sites excluding steroid dienone is 2. The molecule has 0 spiro atoms. The summed E-state index contributed by atoms with van der Waals surface area (Å²) in [6.07, 6.45) is 3.26. The highest BCUT2D eigenvalue weighted by Crippen LogP contribution is 2.68. The Morgan fingerprint density at radius 1 is 1.25 bits per heavy atom. The van der Waals surface area contributed by atoms with Crippen molar-refractivity contribution in [1.29, 1.82) is 0 Å². The summed E-state index contributed by atoms with van der Waals surface area (Å²) in [6, 6.07) is 8.64. The van der Waals surface area contributed by atoms with E-state index < -0.39 is 0 Å². The number of Topliss-reactive ketones (excluding diaryl/α,β-unsaturated/α-hetero) is 1. The van der Waals surface area contributed by atoms with E-state index in [1.807, 2.05) is 12.1 Å². The number of ketones is 1. The van der Waals surface area contributed by atoms with Crippen LogP contribution >= 0.6 is 0 Å². The van der Waals surface area contributed by atoms with E-state index in [1.54, 1.807) is 7.11 Å². The zero-order valence-corrected chi connectivity index (χ0v) is 15.1. The molecule has 1 N–H and O–H groups in total. The Morgan fingerprint density at radius 3 is 2.46 bits per heavy atom. The third kappa shape index (κ3) is 2.45. The Hall–Kier alpha value is -1.77. The molecule has 3 atom stereocenters. The van der Waals surface area contributed by atoms with E-state index >= 15 is 0 Å². The molecule has 3 fully saturated rings. The lowest BCUT2D eigenvalue weighted by atomic mass is 9.94. The molecule has 3 aliphatic carbocycles. The molecular formula is C21H27NO2. The monoisotopic (exact) mass is 325 g/mol. The van der Waals surface area contributed by atoms with Gasteiger partial charge in [0.05, 0.1) is 13.2 Å². The minimum atomic E-state index is 0.303. The van der Waals surface area contributed by atoms with Crippen LogP contribution < -0.4 is 10.1 Å². The number of rotatable bonds is 5. The SMILES string of the molecule is COc1ccc([C@@H](NC(C)=C2C(=O)C[C@@H]3[C@@H]2C3(C)C)C2CC2)cc1. The van der Waals surface area contributed by atoms with Crippen LogP contribution in [0.25, 0.3) is 0 Å². The molecule has 4 rings (SSSR count). The Labute approximate surface area is 144 Å². The van der Waals surface area contributed by atoms with Gasteiger partial charge >= 0.3 is 0 Å². The van der Waals surface area contributed by atoms with Crippen LogP contribution in [0.15, 0.2) is 35.5 Å². The number of hydrogen-bond acceptors (Lipinski definition) is 3. The predicted octanol–water partition coefficient (Wildman–Crippen LogP) is 4.25. The van der Waals surface area contributed by atoms with Crippen LogP contribution in [0.3, 0.4) is 0 Å². The first-order chi connectivity index (χ1) is 11.4. The Bertz CT molecular complexity index is 697. The number of ether oxygens (including phenoxy) is 1. The van der Waals surface area contributed by atoms with Crippen molar-refractivity contribution < 1.29 is 9.53 Å². The van der Waals surface area contributed by atoms with Crippen LogP contribution in [0.2, 0.25) is 0 Å². The second kappa shape index (κ2) is 5.37. The zero-order valence-electron chi connectivity index (χ0n) is 15.1. The van der Waals surface area contributed by atoms with E-state index in [9.17, 15) is 4.79 Å². The zero-order chi connectivity index (χ0) is 17.1. The van der Waals surface area contributed by atoms with Gasteiger partial charge in [-0.2, -0.15) is 0 Å². The molecule has 24 heavy (non-hydrogen) atoms. The van der Waals surface area contributed by atoms with Gasteiger partial charge < -0.3 is 10.1 Å². The molecule has 0 unspecified atom stereocenters. The third-order valence-corrected chi connectivity index (χ3v) is 6.41. The summed E-state index contributed by atoms with van der Waals surface area (Å²) in [5.74, 6) is 2.95. The van der Waals surface area contributed by atoms with Crippen LogP contribution in [0.1, 0.15) is 51.6 Å². The number of hydrogen-bond donors (Lipinski definition) is 1. The summed E-state index contributed by atoms with van der Waals surface area (Å²) in [6.45, 7) is 6.69. The van der Waals surface area contributed by atoms with E-state index in [1.165, 1.54) is 18.4 Å². The highest BCUT2D eigenvalue weighted by molar-refractivity contribution is 6.01. The van der Waals surface area contributed by atoms with E-state index in [-0.39, 0.29) is 0 Å². The molecule has 3 nitrogen and oxygen atoms in total. The lowest BCUT2D eigenvalue weighted by molar-refractivity contribution is -0.115. The number of nitrogens with one attached hydrogen (secondary N) is 1. The van der Waals surface area contributed by atoms with Crippen molar-refractivity contribution in [3.8, 4) is 5.75 Å². The fraction of sp³-hybridized carbons (Fsp3) is 0.571. The van der Waals surface area contributed by atoms with E-state index in [2.05, 4.69) is 38.2 Å². The quantitative estimate of drug-likeness (QED) is 0.822. The van der Waals surface area contributed by atoms with Gasteiger partial charge in [-0.1, -0.05) is 26.0 Å². The van der Waals surface area contributed by atoms with Crippen molar-refractivity contribution in [2.45, 2.75) is 46.1 Å². The summed E-state index contributed by atoms with van der Waals surface area (Å²) in [5.41, 5.74) is 3.77. The van der Waals surface area contributed by atoms with Gasteiger partial charge in [-0.05, 0) is 60.6 Å². The second-order valence-corrected chi connectivity index (χ2v) is 8.30. The molecule has 1 aromatic carbocycles. The van der Waals surface area contributed by atoms with Crippen molar-refractivity contribution in [2.24, 2.45) is 23.2 Å². The molecule has 128 valence electrons. The average molecular weight is 325 g/mol. The topological polar surface area (TPSA) is 38.3 Å². The molecule has 3 saturated carbocycles. The van der Waals surface area contributed by atoms with Gasteiger partial charge in [0.1, 0.15) is 5.75 Å². The summed E-state index contributed by atoms with van der Waals surface area (Å²) in [7, 11) is 1.69. The van der Waals surface area contributed by atoms with Crippen LogP contribution in [0, 0.1) is 23.2 Å². The van der Waals surface area contributed by atoms with Crippen LogP contribution in [-0.4, -0.2) is 12.9 Å². The minimum Gasteiger partial charge on any atom is -0.497 e. The molecular weight excluding hydrogens is 298 g/mol. The fourth-order valence-corrected chi connectivity index (χ4v) is 4.65. The van der Waals surface area contributed by atoms with Crippen molar-refractivity contribution in [2.75, 3.05) is 7.11 Å². The van der Waals surface area contributed by atoms with Crippen molar-refractivity contribution in [3.63, 3.8) is 0 Å².